The molecule has 1 aromatic carbocycles. The first kappa shape index (κ1) is 13.8. The predicted molar refractivity (Wildman–Crippen MR) is 83.0 cm³/mol. The first-order valence-corrected chi connectivity index (χ1v) is 7.32. The van der Waals surface area contributed by atoms with E-state index in [2.05, 4.69) is 26.8 Å². The lowest BCUT2D eigenvalue weighted by Crippen LogP contribution is -1.95. The zero-order chi connectivity index (χ0) is 13.8. The Kier molecular flexibility index (Phi) is 4.33. The third kappa shape index (κ3) is 3.42. The summed E-state index contributed by atoms with van der Waals surface area (Å²) in [5.74, 6) is 0.552. The van der Waals surface area contributed by atoms with Gasteiger partial charge in [0, 0.05) is 10.4 Å². The summed E-state index contributed by atoms with van der Waals surface area (Å²) < 4.78 is 0. The monoisotopic (exact) mass is 270 g/mol. The van der Waals surface area contributed by atoms with Crippen molar-refractivity contribution in [3.05, 3.63) is 63.4 Å². The second-order valence-electron chi connectivity index (χ2n) is 4.94. The molecule has 19 heavy (non-hydrogen) atoms. The van der Waals surface area contributed by atoms with Crippen LogP contribution in [-0.4, -0.2) is 5.78 Å². The summed E-state index contributed by atoms with van der Waals surface area (Å²) in [6, 6.07) is 9.93. The minimum Gasteiger partial charge on any atom is -0.289 e. The Hall–Kier alpha value is -1.67. The van der Waals surface area contributed by atoms with Crippen molar-refractivity contribution in [1.29, 1.82) is 0 Å². The number of carbonyl (C=O) groups excluding carboxylic acids is 1. The molecule has 0 saturated carbocycles. The molecule has 0 bridgehead atoms. The van der Waals surface area contributed by atoms with Gasteiger partial charge in [0.05, 0.1) is 0 Å². The number of hydrogen-bond donors (Lipinski definition) is 0. The quantitative estimate of drug-likeness (QED) is 0.559. The Balaban J connectivity index is 2.12. The van der Waals surface area contributed by atoms with Crippen LogP contribution < -0.4 is 0 Å². The lowest BCUT2D eigenvalue weighted by Gasteiger charge is -2.05. The molecule has 0 amide bonds. The van der Waals surface area contributed by atoms with Crippen LogP contribution in [0, 0.1) is 6.92 Å². The minimum atomic E-state index is 0.0584. The van der Waals surface area contributed by atoms with Crippen LogP contribution in [-0.2, 0) is 0 Å². The van der Waals surface area contributed by atoms with E-state index in [4.69, 9.17) is 0 Å². The molecule has 1 heterocycles. The second kappa shape index (κ2) is 5.98. The third-order valence-corrected chi connectivity index (χ3v) is 4.13. The predicted octanol–water partition coefficient (Wildman–Crippen LogP) is 5.08. The highest BCUT2D eigenvalue weighted by atomic mass is 32.1. The van der Waals surface area contributed by atoms with Gasteiger partial charge >= 0.3 is 0 Å². The van der Waals surface area contributed by atoms with Gasteiger partial charge in [0.1, 0.15) is 0 Å². The average Bonchev–Trinajstić information content (AvgIpc) is 2.81. The number of allylic oxidation sites excluding steroid dienone is 1. The fourth-order valence-corrected chi connectivity index (χ4v) is 2.65. The molecule has 0 atom stereocenters. The van der Waals surface area contributed by atoms with Crippen LogP contribution in [0.15, 0.2) is 41.8 Å². The van der Waals surface area contributed by atoms with E-state index in [1.807, 2.05) is 35.7 Å². The van der Waals surface area contributed by atoms with Crippen molar-refractivity contribution in [2.75, 3.05) is 0 Å². The molecule has 2 aromatic rings. The second-order valence-corrected chi connectivity index (χ2v) is 5.89. The zero-order valence-electron chi connectivity index (χ0n) is 11.5. The van der Waals surface area contributed by atoms with Crippen molar-refractivity contribution in [2.24, 2.45) is 0 Å². The topological polar surface area (TPSA) is 17.1 Å². The van der Waals surface area contributed by atoms with Gasteiger partial charge in [-0.1, -0.05) is 38.1 Å². The summed E-state index contributed by atoms with van der Waals surface area (Å²) in [7, 11) is 0. The number of rotatable bonds is 4. The van der Waals surface area contributed by atoms with E-state index < -0.39 is 0 Å². The van der Waals surface area contributed by atoms with E-state index in [-0.39, 0.29) is 5.78 Å². The summed E-state index contributed by atoms with van der Waals surface area (Å²) in [5, 5.41) is 2.04. The number of ketones is 1. The van der Waals surface area contributed by atoms with Gasteiger partial charge in [-0.3, -0.25) is 4.79 Å². The summed E-state index contributed by atoms with van der Waals surface area (Å²) in [6.45, 7) is 6.35. The van der Waals surface area contributed by atoms with E-state index in [1.165, 1.54) is 11.1 Å². The SMILES string of the molecule is Cc1ccsc1/C=C/C(=O)c1ccc(C(C)C)cc1. The summed E-state index contributed by atoms with van der Waals surface area (Å²) in [5.41, 5.74) is 3.22. The van der Waals surface area contributed by atoms with Crippen molar-refractivity contribution in [3.8, 4) is 0 Å². The normalized spacial score (nSPS) is 11.4. The number of thiophene rings is 1. The van der Waals surface area contributed by atoms with Crippen LogP contribution in [0.5, 0.6) is 0 Å². The molecular weight excluding hydrogens is 252 g/mol. The molecule has 2 heteroatoms. The van der Waals surface area contributed by atoms with Crippen molar-refractivity contribution in [2.45, 2.75) is 26.7 Å². The maximum absolute atomic E-state index is 12.1. The van der Waals surface area contributed by atoms with Crippen LogP contribution >= 0.6 is 11.3 Å². The van der Waals surface area contributed by atoms with E-state index in [0.29, 0.717) is 5.92 Å². The summed E-state index contributed by atoms with van der Waals surface area (Å²) in [4.78, 5) is 13.2. The lowest BCUT2D eigenvalue weighted by atomic mass is 10.0. The maximum atomic E-state index is 12.1. The highest BCUT2D eigenvalue weighted by Crippen LogP contribution is 2.18. The molecule has 0 spiro atoms. The Labute approximate surface area is 118 Å². The molecule has 0 saturated heterocycles. The largest absolute Gasteiger partial charge is 0.289 e. The van der Waals surface area contributed by atoms with Gasteiger partial charge in [-0.15, -0.1) is 11.3 Å². The van der Waals surface area contributed by atoms with Crippen molar-refractivity contribution in [1.82, 2.24) is 0 Å². The van der Waals surface area contributed by atoms with Gasteiger partial charge in [0.25, 0.3) is 0 Å². The Bertz CT molecular complexity index is 588. The Morgan fingerprint density at radius 3 is 2.37 bits per heavy atom. The number of hydrogen-bond acceptors (Lipinski definition) is 2. The van der Waals surface area contributed by atoms with Gasteiger partial charge < -0.3 is 0 Å². The molecule has 0 fully saturated rings. The van der Waals surface area contributed by atoms with Crippen LogP contribution in [0.3, 0.4) is 0 Å². The van der Waals surface area contributed by atoms with E-state index >= 15 is 0 Å². The highest BCUT2D eigenvalue weighted by molar-refractivity contribution is 7.11. The molecule has 0 aliphatic carbocycles. The minimum absolute atomic E-state index is 0.0584. The smallest absolute Gasteiger partial charge is 0.185 e. The van der Waals surface area contributed by atoms with Crippen LogP contribution in [0.25, 0.3) is 6.08 Å². The molecule has 0 radical (unpaired) electrons. The van der Waals surface area contributed by atoms with Crippen molar-refractivity contribution >= 4 is 23.2 Å². The first-order chi connectivity index (χ1) is 9.08. The molecule has 1 aromatic heterocycles. The van der Waals surface area contributed by atoms with Crippen molar-refractivity contribution in [3.63, 3.8) is 0 Å². The van der Waals surface area contributed by atoms with Gasteiger partial charge in [-0.2, -0.15) is 0 Å². The maximum Gasteiger partial charge on any atom is 0.185 e. The molecule has 0 unspecified atom stereocenters. The first-order valence-electron chi connectivity index (χ1n) is 6.44. The highest BCUT2D eigenvalue weighted by Gasteiger charge is 2.04. The molecule has 1 nitrogen and oxygen atoms in total. The Morgan fingerprint density at radius 2 is 1.84 bits per heavy atom. The van der Waals surface area contributed by atoms with Gasteiger partial charge in [-0.05, 0) is 47.6 Å². The third-order valence-electron chi connectivity index (χ3n) is 3.15. The molecule has 98 valence electrons. The zero-order valence-corrected chi connectivity index (χ0v) is 12.3. The number of carbonyl (C=O) groups is 1. The number of benzene rings is 1. The van der Waals surface area contributed by atoms with Gasteiger partial charge in [0.15, 0.2) is 5.78 Å². The summed E-state index contributed by atoms with van der Waals surface area (Å²) >= 11 is 1.65. The standard InChI is InChI=1S/C17H18OS/c1-12(2)14-4-6-15(7-5-14)16(18)8-9-17-13(3)10-11-19-17/h4-12H,1-3H3/b9-8+. The van der Waals surface area contributed by atoms with E-state index in [0.717, 1.165) is 10.4 Å². The van der Waals surface area contributed by atoms with Crippen molar-refractivity contribution < 1.29 is 4.79 Å². The molecule has 0 aliphatic heterocycles. The molecular formula is C17H18OS. The number of aryl methyl sites for hydroxylation is 1. The lowest BCUT2D eigenvalue weighted by molar-refractivity contribution is 0.104. The summed E-state index contributed by atoms with van der Waals surface area (Å²) in [6.07, 6.45) is 3.56. The molecule has 2 rings (SSSR count). The van der Waals surface area contributed by atoms with Crippen LogP contribution in [0.2, 0.25) is 0 Å². The molecule has 0 N–H and O–H groups in total. The van der Waals surface area contributed by atoms with Crippen LogP contribution in [0.4, 0.5) is 0 Å². The fraction of sp³-hybridized carbons (Fsp3) is 0.235. The molecule has 0 aliphatic rings. The van der Waals surface area contributed by atoms with E-state index in [1.54, 1.807) is 17.4 Å². The van der Waals surface area contributed by atoms with Crippen LogP contribution in [0.1, 0.15) is 46.1 Å². The average molecular weight is 270 g/mol. The van der Waals surface area contributed by atoms with Gasteiger partial charge in [0.2, 0.25) is 0 Å². The fourth-order valence-electron chi connectivity index (χ4n) is 1.84. The van der Waals surface area contributed by atoms with Gasteiger partial charge in [-0.25, -0.2) is 0 Å². The van der Waals surface area contributed by atoms with E-state index in [9.17, 15) is 4.79 Å². The Morgan fingerprint density at radius 1 is 1.16 bits per heavy atom.